The molecule has 1 saturated heterocycles. The van der Waals surface area contributed by atoms with Gasteiger partial charge in [0.25, 0.3) is 0 Å². The summed E-state index contributed by atoms with van der Waals surface area (Å²) in [5.74, 6) is -30.3. The number of carbonyl (C=O) groups excluding carboxylic acids is 20. The van der Waals surface area contributed by atoms with E-state index in [9.17, 15) is 156 Å². The molecule has 0 bridgehead atoms. The van der Waals surface area contributed by atoms with Gasteiger partial charge >= 0.3 is 23.9 Å². The smallest absolute Gasteiger partial charge is 0.326 e. The molecule has 1 heterocycles. The normalized spacial score (nSPS) is 16.5. The van der Waals surface area contributed by atoms with E-state index in [-0.39, 0.29) is 122 Å². The number of hydrogen-bond acceptors (Lipinski definition) is 33. The van der Waals surface area contributed by atoms with Crippen molar-refractivity contribution in [1.82, 2.24) is 101 Å². The lowest BCUT2D eigenvalue weighted by Gasteiger charge is -2.31. The largest absolute Gasteiger partial charge is 0.481 e. The molecular formula is C93H162N24O33. The third-order valence-corrected chi connectivity index (χ3v) is 24.0. The summed E-state index contributed by atoms with van der Waals surface area (Å²) in [5.41, 5.74) is 28.2. The number of rotatable bonds is 75. The number of nitrogens with zero attached hydrogens (tertiary/aromatic N) is 1. The maximum Gasteiger partial charge on any atom is 0.326 e. The number of carbonyl (C=O) groups is 24. The van der Waals surface area contributed by atoms with E-state index in [2.05, 4.69) is 95.7 Å². The summed E-state index contributed by atoms with van der Waals surface area (Å²) in [7, 11) is 0. The predicted molar refractivity (Wildman–Crippen MR) is 532 cm³/mol. The molecule has 0 radical (unpaired) electrons. The van der Waals surface area contributed by atoms with Gasteiger partial charge in [-0.15, -0.1) is 0 Å². The van der Waals surface area contributed by atoms with E-state index < -0.39 is 358 Å². The molecule has 20 amide bonds. The molecule has 0 aromatic rings. The van der Waals surface area contributed by atoms with E-state index >= 15 is 0 Å². The fourth-order valence-electron chi connectivity index (χ4n) is 15.3. The molecule has 0 aromatic carbocycles. The number of aliphatic hydroxyl groups excluding tert-OH is 5. The lowest BCUT2D eigenvalue weighted by Crippen LogP contribution is -2.63. The van der Waals surface area contributed by atoms with E-state index in [1.54, 1.807) is 48.5 Å². The summed E-state index contributed by atoms with van der Waals surface area (Å²) >= 11 is 0. The van der Waals surface area contributed by atoms with Gasteiger partial charge in [0, 0.05) is 25.8 Å². The van der Waals surface area contributed by atoms with Crippen molar-refractivity contribution in [1.29, 1.82) is 0 Å². The van der Waals surface area contributed by atoms with E-state index in [0.29, 0.717) is 12.8 Å². The monoisotopic (exact) mass is 2140 g/mol. The predicted octanol–water partition coefficient (Wildman–Crippen LogP) is -10.8. The van der Waals surface area contributed by atoms with E-state index in [1.165, 1.54) is 27.7 Å². The Kier molecular flexibility index (Phi) is 63.0. The average Bonchev–Trinajstić information content (AvgIpc) is 1.62. The number of amides is 20. The second-order valence-corrected chi connectivity index (χ2v) is 38.7. The SMILES string of the molecule is CC[C@H](C)[C@H](NC(=O)[C@H](CO)NC(=O)[C@@H](N)CCC(=O)O)C(=O)N[C@@H](CO)C(=O)N[C@@H](CC(C)C)C(=O)N[C@@H](CC(C)C)C(=O)N[C@@H](CCC(=O)O)C(=O)N[C@H](C(=O)N[C@@H](CO)C(=O)N[C@H](C(=O)N[C@@H](CC(C)C)C(=O)NCC(=O)N[C@@H](CCCCN)C(=O)N[C@@H](C)C(=O)N[C@@H](CCCCN)C(=O)N[C@H](C(=O)N[C@@H](CCC(=O)O)C(=O)N1CCC[C@H]1C(=O)N[C@@H](CC(N)=O)C(=O)N[C@@H](CCCCN)C(=O)O)[C@@H](C)O)[C@@H](C)O)C(C)C. The zero-order valence-corrected chi connectivity index (χ0v) is 87.4. The highest BCUT2D eigenvalue weighted by molar-refractivity contribution is 6.03. The summed E-state index contributed by atoms with van der Waals surface area (Å²) in [6.45, 7) is 15.3. The molecule has 0 unspecified atom stereocenters. The quantitative estimate of drug-likeness (QED) is 0.0251. The Bertz CT molecular complexity index is 4510. The summed E-state index contributed by atoms with van der Waals surface area (Å²) in [4.78, 5) is 326. The Morgan fingerprint density at radius 3 is 1.08 bits per heavy atom. The number of unbranched alkanes of at least 4 members (excludes halogenated alkanes) is 3. The maximum absolute atomic E-state index is 14.4. The van der Waals surface area contributed by atoms with Gasteiger partial charge in [-0.3, -0.25) is 110 Å². The number of carboxylic acids is 4. The average molecular weight is 2140 g/mol. The lowest BCUT2D eigenvalue weighted by atomic mass is 9.97. The van der Waals surface area contributed by atoms with Crippen LogP contribution < -0.4 is 124 Å². The van der Waals surface area contributed by atoms with Gasteiger partial charge in [0.2, 0.25) is 118 Å². The molecule has 0 spiro atoms. The molecule has 0 saturated carbocycles. The Hall–Kier alpha value is -13.1. The zero-order valence-electron chi connectivity index (χ0n) is 87.4. The standard InChI is InChI=1S/C93H162N24O33/c1-14-48(10)72(114-85(141)63(42-119)110-76(132)52(97)26-29-68(125)126)89(145)112-62(41-118)84(140)107-60(38-46(6)7)82(138)106-59(37-45(4)5)81(137)103-55(27-30-69(127)128)80(136)113-71(47(8)9)88(144)111-64(43-120)86(142)116-74(51(13)122)91(147)109-58(36-44(2)3)77(133)99-40-67(124)101-53(22-15-18-32-94)78(134)100-49(11)75(131)102-54(23-16-19-33-95)79(135)115-73(50(12)121)90(146)104-56(28-31-70(129)130)92(148)117-35-21-25-65(117)87(143)108-61(39-66(98)123)83(139)105-57(93(149)150)24-17-20-34-96/h44-65,71-74,118-122H,14-43,94-97H2,1-13H3,(H2,98,123)(H,99,133)(H,100,134)(H,101,124)(H,102,131)(H,103,137)(H,104,146)(H,105,139)(H,106,138)(H,107,140)(H,108,143)(H,109,147)(H,110,132)(H,111,144)(H,112,145)(H,113,136)(H,114,141)(H,115,135)(H,116,142)(H,125,126)(H,127,128)(H,129,130)(H,149,150)/t48-,49-,50+,51+,52-,53-,54-,55-,56-,57-,58-,59-,60-,61-,62-,63-,64-,65-,71-,72-,73-,74-/m0/s1. The molecule has 22 atom stereocenters. The van der Waals surface area contributed by atoms with Crippen LogP contribution in [0, 0.1) is 29.6 Å². The zero-order chi connectivity index (χ0) is 114. The number of likely N-dealkylation sites (tertiary alicyclic amines) is 1. The molecule has 1 aliphatic rings. The van der Waals surface area contributed by atoms with Crippen LogP contribution in [0.15, 0.2) is 0 Å². The van der Waals surface area contributed by atoms with Gasteiger partial charge < -0.3 is 175 Å². The third kappa shape index (κ3) is 50.0. The van der Waals surface area contributed by atoms with Crippen LogP contribution in [0.1, 0.15) is 231 Å². The van der Waals surface area contributed by atoms with Gasteiger partial charge in [-0.1, -0.05) is 75.7 Å². The Labute approximate surface area is 869 Å². The van der Waals surface area contributed by atoms with E-state index in [4.69, 9.17) is 33.8 Å². The van der Waals surface area contributed by atoms with Gasteiger partial charge in [0.15, 0.2) is 0 Å². The highest BCUT2D eigenvalue weighted by Gasteiger charge is 2.45. The lowest BCUT2D eigenvalue weighted by molar-refractivity contribution is -0.145. The Morgan fingerprint density at radius 1 is 0.340 bits per heavy atom. The van der Waals surface area contributed by atoms with Crippen molar-refractivity contribution in [3.05, 3.63) is 0 Å². The van der Waals surface area contributed by atoms with E-state index in [0.717, 1.165) is 18.7 Å². The molecule has 57 nitrogen and oxygen atoms in total. The number of hydrogen-bond donors (Lipinski definition) is 32. The highest BCUT2D eigenvalue weighted by Crippen LogP contribution is 2.23. The summed E-state index contributed by atoms with van der Waals surface area (Å²) in [5, 5.41) is 134. The first-order chi connectivity index (χ1) is 70.3. The first kappa shape index (κ1) is 135. The van der Waals surface area contributed by atoms with Crippen molar-refractivity contribution < 1.29 is 161 Å². The minimum Gasteiger partial charge on any atom is -0.481 e. The highest BCUT2D eigenvalue weighted by atomic mass is 16.4. The number of primary amides is 1. The van der Waals surface area contributed by atoms with Crippen LogP contribution in [0.5, 0.6) is 0 Å². The molecule has 0 aromatic heterocycles. The van der Waals surface area contributed by atoms with Crippen molar-refractivity contribution in [3.8, 4) is 0 Å². The second kappa shape index (κ2) is 70.1. The Balaban J connectivity index is 3.47. The topological polar surface area (TPSA) is 942 Å². The maximum atomic E-state index is 14.4. The number of aliphatic carboxylic acids is 4. The third-order valence-electron chi connectivity index (χ3n) is 24.0. The van der Waals surface area contributed by atoms with Crippen LogP contribution in [-0.4, -0.2) is 372 Å². The van der Waals surface area contributed by atoms with Crippen LogP contribution in [0.2, 0.25) is 0 Å². The van der Waals surface area contributed by atoms with Gasteiger partial charge in [-0.05, 0) is 179 Å². The number of nitrogens with one attached hydrogen (secondary N) is 18. The fourth-order valence-corrected chi connectivity index (χ4v) is 15.3. The van der Waals surface area contributed by atoms with Gasteiger partial charge in [-0.25, -0.2) is 4.79 Å². The Morgan fingerprint density at radius 2 is 0.667 bits per heavy atom. The van der Waals surface area contributed by atoms with Crippen LogP contribution in [-0.2, 0) is 115 Å². The van der Waals surface area contributed by atoms with Crippen molar-refractivity contribution in [2.24, 2.45) is 58.3 Å². The molecule has 0 aliphatic carbocycles. The first-order valence-corrected chi connectivity index (χ1v) is 50.2. The van der Waals surface area contributed by atoms with Crippen LogP contribution in [0.25, 0.3) is 0 Å². The summed E-state index contributed by atoms with van der Waals surface area (Å²) < 4.78 is 0. The molecule has 57 heteroatoms. The van der Waals surface area contributed by atoms with Crippen molar-refractivity contribution in [3.63, 3.8) is 0 Å². The van der Waals surface area contributed by atoms with Gasteiger partial charge in [-0.2, -0.15) is 0 Å². The van der Waals surface area contributed by atoms with Gasteiger partial charge in [0.05, 0.1) is 51.0 Å². The van der Waals surface area contributed by atoms with Crippen LogP contribution >= 0.6 is 0 Å². The van der Waals surface area contributed by atoms with Gasteiger partial charge in [0.1, 0.15) is 109 Å². The second-order valence-electron chi connectivity index (χ2n) is 38.7. The van der Waals surface area contributed by atoms with Crippen LogP contribution in [0.4, 0.5) is 0 Å². The molecular weight excluding hydrogens is 1980 g/mol. The molecule has 1 fully saturated rings. The number of aliphatic hydroxyl groups is 5. The van der Waals surface area contributed by atoms with Crippen molar-refractivity contribution >= 4 is 142 Å². The number of nitrogens with two attached hydrogens (primary N) is 5. The minimum atomic E-state index is -1.99. The number of carboxylic acid groups (broad SMARTS) is 4. The van der Waals surface area contributed by atoms with E-state index in [1.807, 2.05) is 0 Å². The van der Waals surface area contributed by atoms with Crippen molar-refractivity contribution in [2.45, 2.75) is 358 Å². The molecule has 1 rings (SSSR count). The van der Waals surface area contributed by atoms with Crippen molar-refractivity contribution in [2.75, 3.05) is 52.5 Å². The van der Waals surface area contributed by atoms with Crippen LogP contribution in [0.3, 0.4) is 0 Å². The minimum absolute atomic E-state index is 0.0662. The summed E-state index contributed by atoms with van der Waals surface area (Å²) in [6, 6.07) is -31.4. The summed E-state index contributed by atoms with van der Waals surface area (Å²) in [6.07, 6.45) is -6.98. The molecule has 1 aliphatic heterocycles. The molecule has 852 valence electrons. The first-order valence-electron chi connectivity index (χ1n) is 50.2. The molecule has 37 N–H and O–H groups in total. The molecule has 150 heavy (non-hydrogen) atoms. The fraction of sp³-hybridized carbons (Fsp3) is 0.742.